The summed E-state index contributed by atoms with van der Waals surface area (Å²) in [6.07, 6.45) is 2.96. The Bertz CT molecular complexity index is 584. The van der Waals surface area contributed by atoms with E-state index in [9.17, 15) is 5.11 Å². The van der Waals surface area contributed by atoms with Crippen molar-refractivity contribution in [3.63, 3.8) is 0 Å². The topological polar surface area (TPSA) is 33.4 Å². The summed E-state index contributed by atoms with van der Waals surface area (Å²) in [7, 11) is 0. The lowest BCUT2D eigenvalue weighted by Gasteiger charge is -1.97. The van der Waals surface area contributed by atoms with Crippen LogP contribution in [0.2, 0.25) is 0 Å². The van der Waals surface area contributed by atoms with Gasteiger partial charge in [0.15, 0.2) is 0 Å². The van der Waals surface area contributed by atoms with Gasteiger partial charge in [-0.1, -0.05) is 11.6 Å². The Labute approximate surface area is 102 Å². The maximum Gasteiger partial charge on any atom is 0.135 e. The Balaban J connectivity index is 2.53. The van der Waals surface area contributed by atoms with Gasteiger partial charge in [0.2, 0.25) is 0 Å². The standard InChI is InChI=1S/C15H18O2/c1-9(2)5-6-14-11(4)12-8-13(16)10(3)7-15(12)17-14/h5,7-8,16H,6H2,1-4H3. The van der Waals surface area contributed by atoms with Crippen LogP contribution in [0.4, 0.5) is 0 Å². The van der Waals surface area contributed by atoms with Gasteiger partial charge in [0, 0.05) is 11.8 Å². The van der Waals surface area contributed by atoms with Crippen LogP contribution in [0.15, 0.2) is 28.2 Å². The van der Waals surface area contributed by atoms with Gasteiger partial charge in [0.1, 0.15) is 17.1 Å². The Hall–Kier alpha value is -1.70. The first-order valence-electron chi connectivity index (χ1n) is 5.84. The van der Waals surface area contributed by atoms with Crippen molar-refractivity contribution in [1.29, 1.82) is 0 Å². The smallest absolute Gasteiger partial charge is 0.135 e. The van der Waals surface area contributed by atoms with Gasteiger partial charge in [0.05, 0.1) is 0 Å². The molecule has 0 radical (unpaired) electrons. The van der Waals surface area contributed by atoms with Gasteiger partial charge in [-0.15, -0.1) is 0 Å². The van der Waals surface area contributed by atoms with Crippen molar-refractivity contribution in [2.24, 2.45) is 0 Å². The fraction of sp³-hybridized carbons (Fsp3) is 0.333. The van der Waals surface area contributed by atoms with Crippen molar-refractivity contribution in [3.05, 3.63) is 40.7 Å². The number of hydrogen-bond acceptors (Lipinski definition) is 2. The Morgan fingerprint density at radius 3 is 2.65 bits per heavy atom. The average Bonchev–Trinajstić information content (AvgIpc) is 2.54. The van der Waals surface area contributed by atoms with E-state index >= 15 is 0 Å². The lowest BCUT2D eigenvalue weighted by Crippen LogP contribution is -1.81. The van der Waals surface area contributed by atoms with Crippen LogP contribution in [0.5, 0.6) is 5.75 Å². The molecule has 0 aliphatic heterocycles. The molecule has 0 atom stereocenters. The van der Waals surface area contributed by atoms with Crippen LogP contribution in [0, 0.1) is 13.8 Å². The number of benzene rings is 1. The third-order valence-electron chi connectivity index (χ3n) is 3.05. The number of fused-ring (bicyclic) bond motifs is 1. The molecular weight excluding hydrogens is 212 g/mol. The van der Waals surface area contributed by atoms with Crippen LogP contribution in [-0.4, -0.2) is 5.11 Å². The van der Waals surface area contributed by atoms with E-state index in [-0.39, 0.29) is 0 Å². The lowest BCUT2D eigenvalue weighted by atomic mass is 10.1. The maximum absolute atomic E-state index is 9.72. The monoisotopic (exact) mass is 230 g/mol. The van der Waals surface area contributed by atoms with Gasteiger partial charge in [0.25, 0.3) is 0 Å². The zero-order chi connectivity index (χ0) is 12.6. The van der Waals surface area contributed by atoms with Crippen molar-refractivity contribution >= 4 is 11.0 Å². The molecule has 1 aromatic heterocycles. The molecule has 1 N–H and O–H groups in total. The quantitative estimate of drug-likeness (QED) is 0.782. The molecule has 2 nitrogen and oxygen atoms in total. The second-order valence-electron chi connectivity index (χ2n) is 4.77. The fourth-order valence-corrected chi connectivity index (χ4v) is 1.90. The minimum absolute atomic E-state index is 0.329. The van der Waals surface area contributed by atoms with Crippen molar-refractivity contribution in [2.45, 2.75) is 34.1 Å². The molecule has 17 heavy (non-hydrogen) atoms. The molecule has 0 saturated carbocycles. The molecule has 2 aromatic rings. The van der Waals surface area contributed by atoms with Crippen molar-refractivity contribution < 1.29 is 9.52 Å². The SMILES string of the molecule is CC(C)=CCc1oc2cc(C)c(O)cc2c1C. The average molecular weight is 230 g/mol. The van der Waals surface area contributed by atoms with E-state index in [1.54, 1.807) is 6.07 Å². The number of allylic oxidation sites excluding steroid dienone is 2. The van der Waals surface area contributed by atoms with Crippen LogP contribution >= 0.6 is 0 Å². The molecule has 0 fully saturated rings. The van der Waals surface area contributed by atoms with E-state index in [0.29, 0.717) is 5.75 Å². The Morgan fingerprint density at radius 2 is 2.00 bits per heavy atom. The van der Waals surface area contributed by atoms with Crippen LogP contribution in [0.1, 0.15) is 30.7 Å². The minimum atomic E-state index is 0.329. The van der Waals surface area contributed by atoms with E-state index in [2.05, 4.69) is 19.9 Å². The van der Waals surface area contributed by atoms with Gasteiger partial charge in [-0.05, 0) is 51.0 Å². The summed E-state index contributed by atoms with van der Waals surface area (Å²) in [5.41, 5.74) is 4.10. The number of hydrogen-bond donors (Lipinski definition) is 1. The summed E-state index contributed by atoms with van der Waals surface area (Å²) in [5.74, 6) is 1.31. The number of furan rings is 1. The molecule has 0 aliphatic carbocycles. The van der Waals surface area contributed by atoms with Gasteiger partial charge in [-0.2, -0.15) is 0 Å². The summed E-state index contributed by atoms with van der Waals surface area (Å²) in [6.45, 7) is 8.07. The number of aryl methyl sites for hydroxylation is 2. The van der Waals surface area contributed by atoms with E-state index in [0.717, 1.165) is 34.3 Å². The van der Waals surface area contributed by atoms with E-state index in [1.807, 2.05) is 19.9 Å². The van der Waals surface area contributed by atoms with Gasteiger partial charge in [-0.25, -0.2) is 0 Å². The predicted molar refractivity (Wildman–Crippen MR) is 70.5 cm³/mol. The highest BCUT2D eigenvalue weighted by molar-refractivity contribution is 5.84. The molecule has 0 bridgehead atoms. The number of phenols is 1. The largest absolute Gasteiger partial charge is 0.508 e. The Kier molecular flexibility index (Phi) is 2.97. The highest BCUT2D eigenvalue weighted by Crippen LogP contribution is 2.31. The first-order chi connectivity index (χ1) is 7.99. The molecule has 1 aromatic carbocycles. The van der Waals surface area contributed by atoms with Crippen molar-refractivity contribution in [1.82, 2.24) is 0 Å². The third-order valence-corrected chi connectivity index (χ3v) is 3.05. The van der Waals surface area contributed by atoms with Crippen LogP contribution in [-0.2, 0) is 6.42 Å². The summed E-state index contributed by atoms with van der Waals surface area (Å²) in [5, 5.41) is 10.7. The molecular formula is C15H18O2. The van der Waals surface area contributed by atoms with Crippen LogP contribution < -0.4 is 0 Å². The molecule has 1 heterocycles. The maximum atomic E-state index is 9.72. The molecule has 90 valence electrons. The fourth-order valence-electron chi connectivity index (χ4n) is 1.90. The van der Waals surface area contributed by atoms with E-state index in [4.69, 9.17) is 4.42 Å². The molecule has 0 amide bonds. The van der Waals surface area contributed by atoms with Gasteiger partial charge in [-0.3, -0.25) is 0 Å². The van der Waals surface area contributed by atoms with Crippen molar-refractivity contribution in [2.75, 3.05) is 0 Å². The third kappa shape index (κ3) is 2.21. The normalized spacial score (nSPS) is 10.8. The highest BCUT2D eigenvalue weighted by atomic mass is 16.3. The summed E-state index contributed by atoms with van der Waals surface area (Å²) < 4.78 is 5.83. The highest BCUT2D eigenvalue weighted by Gasteiger charge is 2.11. The first-order valence-corrected chi connectivity index (χ1v) is 5.84. The van der Waals surface area contributed by atoms with Crippen LogP contribution in [0.25, 0.3) is 11.0 Å². The summed E-state index contributed by atoms with van der Waals surface area (Å²) in [6, 6.07) is 3.68. The summed E-state index contributed by atoms with van der Waals surface area (Å²) in [4.78, 5) is 0. The van der Waals surface area contributed by atoms with Gasteiger partial charge >= 0.3 is 0 Å². The van der Waals surface area contributed by atoms with Crippen LogP contribution in [0.3, 0.4) is 0 Å². The zero-order valence-electron chi connectivity index (χ0n) is 10.8. The molecule has 0 unspecified atom stereocenters. The molecule has 0 saturated heterocycles. The predicted octanol–water partition coefficient (Wildman–Crippen LogP) is 4.26. The minimum Gasteiger partial charge on any atom is -0.508 e. The summed E-state index contributed by atoms with van der Waals surface area (Å²) >= 11 is 0. The molecule has 0 aliphatic rings. The van der Waals surface area contributed by atoms with E-state index < -0.39 is 0 Å². The zero-order valence-corrected chi connectivity index (χ0v) is 10.8. The number of phenolic OH excluding ortho intramolecular Hbond substituents is 1. The second-order valence-corrected chi connectivity index (χ2v) is 4.77. The van der Waals surface area contributed by atoms with E-state index in [1.165, 1.54) is 5.57 Å². The molecule has 2 heteroatoms. The van der Waals surface area contributed by atoms with Gasteiger partial charge < -0.3 is 9.52 Å². The van der Waals surface area contributed by atoms with Crippen molar-refractivity contribution in [3.8, 4) is 5.75 Å². The second kappa shape index (κ2) is 4.28. The molecule has 0 spiro atoms. The molecule has 2 rings (SSSR count). The Morgan fingerprint density at radius 1 is 1.29 bits per heavy atom. The number of aromatic hydroxyl groups is 1. The lowest BCUT2D eigenvalue weighted by molar-refractivity contribution is 0.471. The first kappa shape index (κ1) is 11.8. The number of rotatable bonds is 2.